The highest BCUT2D eigenvalue weighted by atomic mass is 16.5. The molecule has 0 aliphatic heterocycles. The predicted molar refractivity (Wildman–Crippen MR) is 99.2 cm³/mol. The molecular weight excluding hydrogens is 280 g/mol. The molecule has 23 heavy (non-hydrogen) atoms. The molecule has 124 valence electrons. The lowest BCUT2D eigenvalue weighted by Crippen LogP contribution is -2.15. The fourth-order valence-electron chi connectivity index (χ4n) is 4.14. The lowest BCUT2D eigenvalue weighted by molar-refractivity contribution is 0.252. The molecule has 0 unspecified atom stereocenters. The number of ether oxygens (including phenoxy) is 1. The molecule has 1 saturated carbocycles. The molecule has 0 amide bonds. The molecule has 0 saturated heterocycles. The smallest absolute Gasteiger partial charge is 0.119 e. The molecule has 1 aliphatic carbocycles. The average Bonchev–Trinajstić information content (AvgIpc) is 2.61. The second-order valence-corrected chi connectivity index (χ2v) is 7.26. The monoisotopic (exact) mass is 310 g/mol. The van der Waals surface area contributed by atoms with E-state index in [9.17, 15) is 0 Å². The van der Waals surface area contributed by atoms with Crippen molar-refractivity contribution in [3.05, 3.63) is 42.0 Å². The normalized spacial score (nSPS) is 21.5. The van der Waals surface area contributed by atoms with Crippen molar-refractivity contribution in [2.24, 2.45) is 11.8 Å². The van der Waals surface area contributed by atoms with Crippen LogP contribution in [-0.2, 0) is 6.42 Å². The second-order valence-electron chi connectivity index (χ2n) is 7.26. The van der Waals surface area contributed by atoms with Gasteiger partial charge in [-0.3, -0.25) is 0 Å². The van der Waals surface area contributed by atoms with Crippen LogP contribution in [0.1, 0.15) is 57.4 Å². The van der Waals surface area contributed by atoms with Crippen LogP contribution in [0, 0.1) is 11.8 Å². The number of aryl methyl sites for hydroxylation is 1. The number of hydrogen-bond donors (Lipinski definition) is 0. The Bertz CT molecular complexity index is 623. The molecule has 0 radical (unpaired) electrons. The highest BCUT2D eigenvalue weighted by Crippen LogP contribution is 2.34. The standard InChI is InChI=1S/C22H30O/c1-3-4-17-5-7-18(8-6-17)9-10-19-11-12-21-16-22(23-2)14-13-20(21)15-19/h11-18H,3-10H2,1-2H3. The number of methoxy groups -OCH3 is 1. The van der Waals surface area contributed by atoms with E-state index in [-0.39, 0.29) is 0 Å². The molecule has 1 fully saturated rings. The lowest BCUT2D eigenvalue weighted by Gasteiger charge is -2.28. The Morgan fingerprint density at radius 3 is 2.22 bits per heavy atom. The van der Waals surface area contributed by atoms with Crippen LogP contribution in [0.25, 0.3) is 10.8 Å². The Morgan fingerprint density at radius 1 is 0.870 bits per heavy atom. The first-order chi connectivity index (χ1) is 11.3. The van der Waals surface area contributed by atoms with E-state index >= 15 is 0 Å². The summed E-state index contributed by atoms with van der Waals surface area (Å²) >= 11 is 0. The largest absolute Gasteiger partial charge is 0.497 e. The van der Waals surface area contributed by atoms with Crippen molar-refractivity contribution in [2.75, 3.05) is 7.11 Å². The topological polar surface area (TPSA) is 9.23 Å². The number of fused-ring (bicyclic) bond motifs is 1. The summed E-state index contributed by atoms with van der Waals surface area (Å²) in [5, 5.41) is 2.60. The van der Waals surface area contributed by atoms with E-state index in [1.54, 1.807) is 7.11 Å². The van der Waals surface area contributed by atoms with Gasteiger partial charge < -0.3 is 4.74 Å². The number of hydrogen-bond acceptors (Lipinski definition) is 1. The zero-order valence-corrected chi connectivity index (χ0v) is 14.7. The van der Waals surface area contributed by atoms with Gasteiger partial charge >= 0.3 is 0 Å². The third-order valence-electron chi connectivity index (χ3n) is 5.62. The van der Waals surface area contributed by atoms with E-state index in [4.69, 9.17) is 4.74 Å². The van der Waals surface area contributed by atoms with Gasteiger partial charge in [0.15, 0.2) is 0 Å². The van der Waals surface area contributed by atoms with Crippen LogP contribution < -0.4 is 4.74 Å². The van der Waals surface area contributed by atoms with Crippen LogP contribution in [0.4, 0.5) is 0 Å². The quantitative estimate of drug-likeness (QED) is 0.601. The first-order valence-electron chi connectivity index (χ1n) is 9.35. The van der Waals surface area contributed by atoms with Gasteiger partial charge in [0.1, 0.15) is 5.75 Å². The third-order valence-corrected chi connectivity index (χ3v) is 5.62. The van der Waals surface area contributed by atoms with E-state index < -0.39 is 0 Å². The SMILES string of the molecule is CCCC1CCC(CCc2ccc3cc(OC)ccc3c2)CC1. The Kier molecular flexibility index (Phi) is 5.59. The lowest BCUT2D eigenvalue weighted by atomic mass is 9.78. The Morgan fingerprint density at radius 2 is 1.52 bits per heavy atom. The molecule has 0 spiro atoms. The molecule has 1 heteroatoms. The van der Waals surface area contributed by atoms with Gasteiger partial charge in [-0.15, -0.1) is 0 Å². The number of rotatable bonds is 6. The molecule has 0 aromatic heterocycles. The van der Waals surface area contributed by atoms with Crippen LogP contribution in [0.15, 0.2) is 36.4 Å². The maximum atomic E-state index is 5.31. The van der Waals surface area contributed by atoms with Gasteiger partial charge in [-0.05, 0) is 53.1 Å². The first kappa shape index (κ1) is 16.4. The van der Waals surface area contributed by atoms with Crippen molar-refractivity contribution in [2.45, 2.75) is 58.3 Å². The summed E-state index contributed by atoms with van der Waals surface area (Å²) in [6.07, 6.45) is 11.2. The zero-order chi connectivity index (χ0) is 16.1. The minimum absolute atomic E-state index is 0.939. The van der Waals surface area contributed by atoms with Crippen molar-refractivity contribution in [3.63, 3.8) is 0 Å². The van der Waals surface area contributed by atoms with Crippen LogP contribution in [0.3, 0.4) is 0 Å². The molecule has 0 heterocycles. The van der Waals surface area contributed by atoms with Crippen molar-refractivity contribution in [1.29, 1.82) is 0 Å². The average molecular weight is 310 g/mol. The summed E-state index contributed by atoms with van der Waals surface area (Å²) in [6.45, 7) is 2.32. The summed E-state index contributed by atoms with van der Waals surface area (Å²) in [4.78, 5) is 0. The van der Waals surface area contributed by atoms with Crippen molar-refractivity contribution in [3.8, 4) is 5.75 Å². The van der Waals surface area contributed by atoms with Crippen LogP contribution >= 0.6 is 0 Å². The number of benzene rings is 2. The van der Waals surface area contributed by atoms with Crippen molar-refractivity contribution >= 4 is 10.8 Å². The minimum atomic E-state index is 0.939. The fraction of sp³-hybridized carbons (Fsp3) is 0.545. The van der Waals surface area contributed by atoms with Gasteiger partial charge in [0, 0.05) is 0 Å². The van der Waals surface area contributed by atoms with Crippen LogP contribution in [0.2, 0.25) is 0 Å². The fourth-order valence-corrected chi connectivity index (χ4v) is 4.14. The first-order valence-corrected chi connectivity index (χ1v) is 9.35. The predicted octanol–water partition coefficient (Wildman–Crippen LogP) is 6.39. The summed E-state index contributed by atoms with van der Waals surface area (Å²) < 4.78 is 5.31. The summed E-state index contributed by atoms with van der Waals surface area (Å²) in [7, 11) is 1.73. The Hall–Kier alpha value is -1.50. The second kappa shape index (κ2) is 7.86. The maximum Gasteiger partial charge on any atom is 0.119 e. The van der Waals surface area contributed by atoms with Gasteiger partial charge in [-0.2, -0.15) is 0 Å². The van der Waals surface area contributed by atoms with E-state index in [0.717, 1.165) is 17.6 Å². The molecule has 0 bridgehead atoms. The molecule has 1 nitrogen and oxygen atoms in total. The molecule has 0 atom stereocenters. The van der Waals surface area contributed by atoms with Gasteiger partial charge in [-0.25, -0.2) is 0 Å². The van der Waals surface area contributed by atoms with E-state index in [2.05, 4.69) is 43.3 Å². The zero-order valence-electron chi connectivity index (χ0n) is 14.7. The van der Waals surface area contributed by atoms with Gasteiger partial charge in [-0.1, -0.05) is 69.7 Å². The van der Waals surface area contributed by atoms with E-state index in [0.29, 0.717) is 0 Å². The molecular formula is C22H30O. The highest BCUT2D eigenvalue weighted by Gasteiger charge is 2.20. The van der Waals surface area contributed by atoms with E-state index in [1.165, 1.54) is 67.7 Å². The van der Waals surface area contributed by atoms with Gasteiger partial charge in [0.2, 0.25) is 0 Å². The van der Waals surface area contributed by atoms with E-state index in [1.807, 2.05) is 0 Å². The summed E-state index contributed by atoms with van der Waals surface area (Å²) in [5.41, 5.74) is 1.48. The van der Waals surface area contributed by atoms with Crippen molar-refractivity contribution in [1.82, 2.24) is 0 Å². The Labute approximate surface area is 141 Å². The molecule has 3 rings (SSSR count). The summed E-state index contributed by atoms with van der Waals surface area (Å²) in [6, 6.07) is 13.2. The minimum Gasteiger partial charge on any atom is -0.497 e. The Balaban J connectivity index is 1.55. The third kappa shape index (κ3) is 4.28. The van der Waals surface area contributed by atoms with Crippen LogP contribution in [-0.4, -0.2) is 7.11 Å². The highest BCUT2D eigenvalue weighted by molar-refractivity contribution is 5.84. The molecule has 2 aromatic rings. The maximum absolute atomic E-state index is 5.31. The molecule has 1 aliphatic rings. The molecule has 2 aromatic carbocycles. The van der Waals surface area contributed by atoms with Gasteiger partial charge in [0.05, 0.1) is 7.11 Å². The van der Waals surface area contributed by atoms with Crippen molar-refractivity contribution < 1.29 is 4.74 Å². The van der Waals surface area contributed by atoms with Gasteiger partial charge in [0.25, 0.3) is 0 Å². The summed E-state index contributed by atoms with van der Waals surface area (Å²) in [5.74, 6) is 2.91. The molecule has 0 N–H and O–H groups in total. The van der Waals surface area contributed by atoms with Crippen LogP contribution in [0.5, 0.6) is 5.75 Å².